The molecule has 2 aromatic carbocycles. The number of rotatable bonds is 7. The van der Waals surface area contributed by atoms with Gasteiger partial charge in [-0.15, -0.1) is 0 Å². The molecule has 12 atom stereocenters. The minimum atomic E-state index is -2.30. The van der Waals surface area contributed by atoms with Crippen molar-refractivity contribution in [2.45, 2.75) is 98.5 Å². The average Bonchev–Trinajstić information content (AvgIpc) is 3.82. The minimum Gasteiger partial charge on any atom is -0.496 e. The largest absolute Gasteiger partial charge is 0.496 e. The number of para-hydroxylation sites is 1. The van der Waals surface area contributed by atoms with Gasteiger partial charge < -0.3 is 39.0 Å². The molecule has 2 N–H and O–H groups in total. The highest BCUT2D eigenvalue weighted by molar-refractivity contribution is 6.21. The molecule has 0 amide bonds. The molecule has 13 heteroatoms. The van der Waals surface area contributed by atoms with Crippen molar-refractivity contribution < 1.29 is 43.5 Å². The number of fused-ring (bicyclic) bond motifs is 4. The number of aliphatic hydroxyl groups is 2. The van der Waals surface area contributed by atoms with Crippen molar-refractivity contribution in [3.8, 4) is 5.75 Å². The zero-order valence-electron chi connectivity index (χ0n) is 35.1. The fourth-order valence-electron chi connectivity index (χ4n) is 15.1. The molecule has 0 radical (unpaired) electrons. The van der Waals surface area contributed by atoms with Crippen LogP contribution < -0.4 is 9.64 Å². The molecular formula is C46H56N4O9. The lowest BCUT2D eigenvalue weighted by Gasteiger charge is -2.63. The van der Waals surface area contributed by atoms with Gasteiger partial charge in [-0.3, -0.25) is 19.5 Å². The molecular weight excluding hydrogens is 753 g/mol. The van der Waals surface area contributed by atoms with Gasteiger partial charge in [-0.2, -0.15) is 0 Å². The van der Waals surface area contributed by atoms with Gasteiger partial charge >= 0.3 is 17.9 Å². The van der Waals surface area contributed by atoms with Crippen LogP contribution in [0.2, 0.25) is 0 Å². The Balaban J connectivity index is 1.27. The van der Waals surface area contributed by atoms with E-state index < -0.39 is 62.9 Å². The summed E-state index contributed by atoms with van der Waals surface area (Å²) in [5, 5.41) is 26.0. The molecule has 2 aromatic rings. The van der Waals surface area contributed by atoms with Crippen LogP contribution in [0.5, 0.6) is 5.75 Å². The van der Waals surface area contributed by atoms with E-state index >= 15 is 4.79 Å². The predicted octanol–water partition coefficient (Wildman–Crippen LogP) is 3.57. The summed E-state index contributed by atoms with van der Waals surface area (Å²) < 4.78 is 23.9. The van der Waals surface area contributed by atoms with Crippen LogP contribution in [-0.4, -0.2) is 134 Å². The van der Waals surface area contributed by atoms with E-state index in [1.165, 1.54) is 21.1 Å². The number of piperidine rings is 1. The van der Waals surface area contributed by atoms with Crippen molar-refractivity contribution in [1.29, 1.82) is 0 Å². The van der Waals surface area contributed by atoms with Gasteiger partial charge in [0.2, 0.25) is 5.60 Å². The van der Waals surface area contributed by atoms with E-state index in [0.29, 0.717) is 68.8 Å². The van der Waals surface area contributed by atoms with Gasteiger partial charge in [-0.1, -0.05) is 44.2 Å². The maximum Gasteiger partial charge on any atom is 0.344 e. The van der Waals surface area contributed by atoms with Crippen molar-refractivity contribution in [1.82, 2.24) is 9.80 Å². The molecule has 4 bridgehead atoms. The fraction of sp³-hybridized carbons (Fsp3) is 0.609. The number of hydrogen-bond donors (Lipinski definition) is 2. The van der Waals surface area contributed by atoms with Gasteiger partial charge in [-0.05, 0) is 74.4 Å². The van der Waals surface area contributed by atoms with Crippen LogP contribution in [0.15, 0.2) is 53.5 Å². The van der Waals surface area contributed by atoms with E-state index in [4.69, 9.17) is 23.9 Å². The van der Waals surface area contributed by atoms with Crippen LogP contribution in [0.4, 0.5) is 11.4 Å². The number of methoxy groups -OCH3 is 3. The van der Waals surface area contributed by atoms with Gasteiger partial charge in [0, 0.05) is 79.1 Å². The first-order chi connectivity index (χ1) is 28.2. The van der Waals surface area contributed by atoms with Crippen molar-refractivity contribution in [2.24, 2.45) is 22.2 Å². The summed E-state index contributed by atoms with van der Waals surface area (Å²) in [6, 6.07) is 11.0. The average molecular weight is 809 g/mol. The van der Waals surface area contributed by atoms with Crippen LogP contribution in [0, 0.1) is 17.3 Å². The smallest absolute Gasteiger partial charge is 0.344 e. The summed E-state index contributed by atoms with van der Waals surface area (Å²) in [5.74, 6) is -1.76. The number of benzene rings is 2. The van der Waals surface area contributed by atoms with Gasteiger partial charge in [0.15, 0.2) is 6.10 Å². The molecule has 9 aliphatic rings. The van der Waals surface area contributed by atoms with E-state index in [1.54, 1.807) is 7.11 Å². The van der Waals surface area contributed by atoms with Gasteiger partial charge in [0.05, 0.1) is 44.4 Å². The number of ether oxygens (including phenoxy) is 4. The number of hydrogen-bond acceptors (Lipinski definition) is 13. The van der Waals surface area contributed by atoms with Crippen LogP contribution in [0.3, 0.4) is 0 Å². The van der Waals surface area contributed by atoms with Gasteiger partial charge in [0.25, 0.3) is 0 Å². The molecule has 4 saturated heterocycles. The molecule has 7 heterocycles. The number of anilines is 1. The lowest BCUT2D eigenvalue weighted by molar-refractivity contribution is -0.228. The number of carbonyl (C=O) groups is 3. The van der Waals surface area contributed by atoms with Crippen molar-refractivity contribution in [3.05, 3.63) is 65.2 Å². The first-order valence-corrected chi connectivity index (χ1v) is 21.3. The van der Waals surface area contributed by atoms with E-state index in [-0.39, 0.29) is 17.9 Å². The number of aliphatic imine (C=N–C) groups is 1. The van der Waals surface area contributed by atoms with E-state index in [2.05, 4.69) is 41.0 Å². The Morgan fingerprint density at radius 1 is 0.932 bits per heavy atom. The molecule has 2 saturated carbocycles. The third-order valence-electron chi connectivity index (χ3n) is 16.7. The summed E-state index contributed by atoms with van der Waals surface area (Å²) in [5.41, 5.74) is -2.63. The maximum absolute atomic E-state index is 15.3. The Labute approximate surface area is 345 Å². The van der Waals surface area contributed by atoms with Crippen molar-refractivity contribution >= 4 is 35.0 Å². The summed E-state index contributed by atoms with van der Waals surface area (Å²) in [6.07, 6.45) is 5.47. The second kappa shape index (κ2) is 12.6. The summed E-state index contributed by atoms with van der Waals surface area (Å²) in [7, 11) is 6.16. The van der Waals surface area contributed by atoms with Crippen LogP contribution in [0.1, 0.15) is 69.6 Å². The highest BCUT2D eigenvalue weighted by Crippen LogP contribution is 2.70. The third-order valence-corrected chi connectivity index (χ3v) is 16.7. The molecule has 314 valence electrons. The quantitative estimate of drug-likeness (QED) is 0.239. The molecule has 13 nitrogen and oxygen atoms in total. The van der Waals surface area contributed by atoms with Crippen LogP contribution in [-0.2, 0) is 44.8 Å². The Morgan fingerprint density at radius 3 is 2.39 bits per heavy atom. The number of carbonyl (C=O) groups excluding carboxylic acids is 3. The zero-order valence-corrected chi connectivity index (χ0v) is 35.1. The van der Waals surface area contributed by atoms with Crippen molar-refractivity contribution in [2.75, 3.05) is 66.0 Å². The molecule has 59 heavy (non-hydrogen) atoms. The van der Waals surface area contributed by atoms with Gasteiger partial charge in [-0.25, -0.2) is 4.79 Å². The second-order valence-corrected chi connectivity index (χ2v) is 18.7. The first-order valence-electron chi connectivity index (χ1n) is 21.3. The van der Waals surface area contributed by atoms with Crippen LogP contribution >= 0.6 is 0 Å². The number of esters is 3. The highest BCUT2D eigenvalue weighted by Gasteiger charge is 2.81. The first kappa shape index (κ1) is 38.9. The Kier molecular flexibility index (Phi) is 8.32. The molecule has 7 aliphatic heterocycles. The standard InChI is InChI=1S/C46H56N4O9/c1-8-41-15-12-18-50-20-17-44(36(41)50)29-21-30(33(56-5)22-32(29)48(4)37(44)46(55,40(53)58-7)38(41)59-26(3)51)45(39(52)57-6)23-27-24-49-19-16-43(34(27)42(54,9-2)25-49)28-13-10-11-14-31(28)47-35(43)45/h10-15,21-22,27,34,36-38,54-55H,8-9,16-20,23-25H2,1-7H3. The van der Waals surface area contributed by atoms with E-state index in [0.717, 1.165) is 35.6 Å². The Bertz CT molecular complexity index is 2250. The SMILES string of the molecule is CCC1(O)CN2CCC34C(=Nc5ccccc53)C(C(=O)OC)(c3cc5c(cc3OC)N(C)C3C(O)(C(=O)OC)C(OC(C)=O)C6(CC)C=CCN7CCC53C76)CC(C2)C14. The van der Waals surface area contributed by atoms with Crippen LogP contribution in [0.25, 0.3) is 0 Å². The molecule has 2 spiro atoms. The molecule has 0 aromatic heterocycles. The summed E-state index contributed by atoms with van der Waals surface area (Å²) in [6.45, 7) is 8.72. The number of likely N-dealkylation sites (N-methyl/N-ethyl adjacent to an activating group) is 1. The fourth-order valence-corrected chi connectivity index (χ4v) is 15.1. The van der Waals surface area contributed by atoms with Gasteiger partial charge in [0.1, 0.15) is 11.2 Å². The lowest BCUT2D eigenvalue weighted by atomic mass is 9.44. The third kappa shape index (κ3) is 4.35. The molecule has 12 unspecified atom stereocenters. The maximum atomic E-state index is 15.3. The second-order valence-electron chi connectivity index (χ2n) is 18.7. The Hall–Kier alpha value is -4.30. The molecule has 11 rings (SSSR count). The summed E-state index contributed by atoms with van der Waals surface area (Å²) >= 11 is 0. The molecule has 2 aliphatic carbocycles. The van der Waals surface area contributed by atoms with E-state index in [9.17, 15) is 19.8 Å². The predicted molar refractivity (Wildman–Crippen MR) is 218 cm³/mol. The number of nitrogens with zero attached hydrogens (tertiary/aromatic N) is 4. The highest BCUT2D eigenvalue weighted by atomic mass is 16.6. The lowest BCUT2D eigenvalue weighted by Crippen LogP contribution is -2.81. The normalized spacial score (nSPS) is 41.8. The molecule has 6 fully saturated rings. The minimum absolute atomic E-state index is 0.103. The monoisotopic (exact) mass is 808 g/mol. The Morgan fingerprint density at radius 2 is 1.69 bits per heavy atom. The van der Waals surface area contributed by atoms with E-state index in [1.807, 2.05) is 43.1 Å². The summed E-state index contributed by atoms with van der Waals surface area (Å²) in [4.78, 5) is 54.9. The van der Waals surface area contributed by atoms with Crippen molar-refractivity contribution in [3.63, 3.8) is 0 Å². The topological polar surface area (TPSA) is 151 Å². The zero-order chi connectivity index (χ0) is 41.7.